The van der Waals surface area contributed by atoms with E-state index in [1.165, 1.54) is 0 Å². The van der Waals surface area contributed by atoms with E-state index in [1.807, 2.05) is 0 Å². The van der Waals surface area contributed by atoms with Crippen molar-refractivity contribution in [3.05, 3.63) is 24.3 Å². The average molecular weight is 592 g/mol. The molecule has 0 aliphatic rings. The van der Waals surface area contributed by atoms with Crippen molar-refractivity contribution in [1.29, 1.82) is 0 Å². The number of aromatic hydroxyl groups is 1. The zero-order chi connectivity index (χ0) is 29.9. The molecule has 1 aromatic rings. The summed E-state index contributed by atoms with van der Waals surface area (Å²) in [5.41, 5.74) is 0. The van der Waals surface area contributed by atoms with Gasteiger partial charge in [0.2, 0.25) is 0 Å². The minimum absolute atomic E-state index is 0.466. The average Bonchev–Trinajstić information content (AvgIpc) is 2.71. The van der Waals surface area contributed by atoms with Gasteiger partial charge < -0.3 is 9.84 Å². The van der Waals surface area contributed by atoms with Crippen molar-refractivity contribution < 1.29 is 93.3 Å². The first-order chi connectivity index (χ1) is 16.0. The van der Waals surface area contributed by atoms with Crippen LogP contribution >= 0.6 is 0 Å². The molecular formula is C16H7F19O2. The summed E-state index contributed by atoms with van der Waals surface area (Å²) in [6.45, 7) is -3.14. The standard InChI is InChI=1S/C16H7F19O2/c17-8(18,5-37-7-3-1-6(36)2-4-7)9(19,20)10(21,22)11(23,24)12(25,26)13(27,28)14(29,30)15(31,32)16(33,34)35/h1-4,36H,5H2. The summed E-state index contributed by atoms with van der Waals surface area (Å²) in [4.78, 5) is 0. The van der Waals surface area contributed by atoms with Crippen LogP contribution in [0.25, 0.3) is 0 Å². The summed E-state index contributed by atoms with van der Waals surface area (Å²) in [5.74, 6) is -68.7. The fraction of sp³-hybridized carbons (Fsp3) is 0.625. The van der Waals surface area contributed by atoms with E-state index >= 15 is 0 Å². The SMILES string of the molecule is Oc1ccc(OCC(F)(F)C(F)(F)C(F)(F)C(F)(F)C(F)(F)C(F)(F)C(F)(F)C(F)(F)C(F)(F)F)cc1. The molecule has 216 valence electrons. The third-order valence-corrected chi connectivity index (χ3v) is 4.44. The van der Waals surface area contributed by atoms with Crippen molar-refractivity contribution >= 4 is 0 Å². The van der Waals surface area contributed by atoms with Gasteiger partial charge >= 0.3 is 53.6 Å². The highest BCUT2D eigenvalue weighted by Crippen LogP contribution is 2.65. The monoisotopic (exact) mass is 592 g/mol. The van der Waals surface area contributed by atoms with Crippen molar-refractivity contribution in [3.63, 3.8) is 0 Å². The molecule has 1 rings (SSSR count). The third-order valence-electron chi connectivity index (χ3n) is 4.44. The predicted molar refractivity (Wildman–Crippen MR) is 79.2 cm³/mol. The van der Waals surface area contributed by atoms with E-state index in [9.17, 15) is 83.4 Å². The summed E-state index contributed by atoms with van der Waals surface area (Å²) >= 11 is 0. The van der Waals surface area contributed by atoms with Crippen LogP contribution in [0.2, 0.25) is 0 Å². The Labute approximate surface area is 190 Å². The highest BCUT2D eigenvalue weighted by atomic mass is 19.4. The number of alkyl halides is 19. The maximum Gasteiger partial charge on any atom is 0.460 e. The fourth-order valence-electron chi connectivity index (χ4n) is 2.20. The number of ether oxygens (including phenoxy) is 1. The highest BCUT2D eigenvalue weighted by Gasteiger charge is 2.96. The molecule has 0 unspecified atom stereocenters. The second-order valence-corrected chi connectivity index (χ2v) is 7.01. The van der Waals surface area contributed by atoms with E-state index in [2.05, 4.69) is 4.74 Å². The molecule has 0 spiro atoms. The number of phenols is 1. The summed E-state index contributed by atoms with van der Waals surface area (Å²) in [6, 6.07) is 2.11. The molecule has 0 fully saturated rings. The lowest BCUT2D eigenvalue weighted by atomic mass is 9.87. The Bertz CT molecular complexity index is 948. The zero-order valence-electron chi connectivity index (χ0n) is 16.6. The van der Waals surface area contributed by atoms with Crippen molar-refractivity contribution in [1.82, 2.24) is 0 Å². The molecular weight excluding hydrogens is 585 g/mol. The van der Waals surface area contributed by atoms with E-state index in [-0.39, 0.29) is 0 Å². The molecule has 1 aromatic carbocycles. The van der Waals surface area contributed by atoms with E-state index in [0.717, 1.165) is 0 Å². The topological polar surface area (TPSA) is 29.5 Å². The highest BCUT2D eigenvalue weighted by molar-refractivity contribution is 5.30. The molecule has 0 atom stereocenters. The van der Waals surface area contributed by atoms with E-state index in [1.54, 1.807) is 0 Å². The number of halogens is 19. The van der Waals surface area contributed by atoms with E-state index in [0.29, 0.717) is 24.3 Å². The fourth-order valence-corrected chi connectivity index (χ4v) is 2.20. The molecule has 2 nitrogen and oxygen atoms in total. The molecule has 0 heterocycles. The van der Waals surface area contributed by atoms with Gasteiger partial charge in [0.05, 0.1) is 0 Å². The van der Waals surface area contributed by atoms with Crippen LogP contribution in [-0.4, -0.2) is 65.3 Å². The third kappa shape index (κ3) is 4.54. The molecule has 0 radical (unpaired) electrons. The predicted octanol–water partition coefficient (Wildman–Crippen LogP) is 7.42. The second kappa shape index (κ2) is 8.77. The summed E-state index contributed by atoms with van der Waals surface area (Å²) in [7, 11) is 0. The van der Waals surface area contributed by atoms with E-state index in [4.69, 9.17) is 5.11 Å². The molecule has 0 aliphatic carbocycles. The number of hydrogen-bond acceptors (Lipinski definition) is 2. The minimum Gasteiger partial charge on any atom is -0.508 e. The van der Waals surface area contributed by atoms with Gasteiger partial charge in [0, 0.05) is 0 Å². The Balaban J connectivity index is 3.54. The number of benzene rings is 1. The van der Waals surface area contributed by atoms with Gasteiger partial charge in [-0.3, -0.25) is 0 Å². The summed E-state index contributed by atoms with van der Waals surface area (Å²) < 4.78 is 254. The van der Waals surface area contributed by atoms with Crippen LogP contribution in [-0.2, 0) is 0 Å². The smallest absolute Gasteiger partial charge is 0.460 e. The van der Waals surface area contributed by atoms with E-state index < -0.39 is 71.7 Å². The molecule has 21 heteroatoms. The maximum absolute atomic E-state index is 13.7. The lowest BCUT2D eigenvalue weighted by Gasteiger charge is -2.43. The first kappa shape index (κ1) is 32.5. The van der Waals surface area contributed by atoms with Gasteiger partial charge in [-0.1, -0.05) is 0 Å². The molecule has 0 bridgehead atoms. The first-order valence-electron chi connectivity index (χ1n) is 8.48. The van der Waals surface area contributed by atoms with Crippen LogP contribution in [0.4, 0.5) is 83.4 Å². The molecule has 0 amide bonds. The quantitative estimate of drug-likeness (QED) is 0.287. The largest absolute Gasteiger partial charge is 0.508 e. The molecule has 37 heavy (non-hydrogen) atoms. The van der Waals surface area contributed by atoms with Gasteiger partial charge in [0.1, 0.15) is 11.5 Å². The number of rotatable bonds is 10. The van der Waals surface area contributed by atoms with Crippen molar-refractivity contribution in [3.8, 4) is 11.5 Å². The number of phenolic OH excluding ortho intramolecular Hbond substituents is 1. The van der Waals surface area contributed by atoms with Crippen LogP contribution in [0.15, 0.2) is 24.3 Å². The van der Waals surface area contributed by atoms with Crippen molar-refractivity contribution in [2.75, 3.05) is 6.61 Å². The Hall–Kier alpha value is -2.51. The van der Waals surface area contributed by atoms with Crippen molar-refractivity contribution in [2.45, 2.75) is 53.6 Å². The van der Waals surface area contributed by atoms with Crippen LogP contribution in [0.1, 0.15) is 0 Å². The molecule has 1 N–H and O–H groups in total. The Morgan fingerprint density at radius 3 is 1.08 bits per heavy atom. The van der Waals surface area contributed by atoms with Gasteiger partial charge in [-0.25, -0.2) is 0 Å². The van der Waals surface area contributed by atoms with Gasteiger partial charge in [-0.15, -0.1) is 0 Å². The minimum atomic E-state index is -8.96. The Kier molecular flexibility index (Phi) is 7.71. The number of hydrogen-bond donors (Lipinski definition) is 1. The molecule has 0 aromatic heterocycles. The molecule has 0 saturated heterocycles. The Morgan fingerprint density at radius 1 is 0.459 bits per heavy atom. The molecule has 0 aliphatic heterocycles. The first-order valence-corrected chi connectivity index (χ1v) is 8.48. The Morgan fingerprint density at radius 2 is 0.757 bits per heavy atom. The van der Waals surface area contributed by atoms with Gasteiger partial charge in [0.15, 0.2) is 6.61 Å². The lowest BCUT2D eigenvalue weighted by molar-refractivity contribution is -0.469. The van der Waals surface area contributed by atoms with Crippen LogP contribution < -0.4 is 4.74 Å². The second-order valence-electron chi connectivity index (χ2n) is 7.01. The van der Waals surface area contributed by atoms with Gasteiger partial charge in [0.25, 0.3) is 0 Å². The van der Waals surface area contributed by atoms with Crippen molar-refractivity contribution in [2.24, 2.45) is 0 Å². The van der Waals surface area contributed by atoms with Gasteiger partial charge in [-0.2, -0.15) is 83.4 Å². The molecule has 0 saturated carbocycles. The maximum atomic E-state index is 13.7. The van der Waals surface area contributed by atoms with Crippen LogP contribution in [0.3, 0.4) is 0 Å². The normalized spacial score (nSPS) is 15.6. The summed E-state index contributed by atoms with van der Waals surface area (Å²) in [5, 5.41) is 8.90. The van der Waals surface area contributed by atoms with Gasteiger partial charge in [-0.05, 0) is 24.3 Å². The van der Waals surface area contributed by atoms with Crippen LogP contribution in [0, 0.1) is 0 Å². The summed E-state index contributed by atoms with van der Waals surface area (Å²) in [6.07, 6.45) is -7.92. The van der Waals surface area contributed by atoms with Crippen LogP contribution in [0.5, 0.6) is 11.5 Å². The lowest BCUT2D eigenvalue weighted by Crippen LogP contribution is -2.76. The zero-order valence-corrected chi connectivity index (χ0v) is 16.6.